The molecule has 0 aliphatic heterocycles. The molecule has 100 valence electrons. The van der Waals surface area contributed by atoms with Crippen LogP contribution in [0.1, 0.15) is 31.7 Å². The molecule has 4 nitrogen and oxygen atoms in total. The number of nitrogens with zero attached hydrogens (tertiary/aromatic N) is 2. The second-order valence-electron chi connectivity index (χ2n) is 4.36. The largest absolute Gasteiger partial charge is 0.436 e. The highest BCUT2D eigenvalue weighted by atomic mass is 19.1. The summed E-state index contributed by atoms with van der Waals surface area (Å²) in [5, 5.41) is 0. The van der Waals surface area contributed by atoms with Crippen molar-refractivity contribution in [2.75, 3.05) is 5.73 Å². The maximum absolute atomic E-state index is 13.4. The predicted molar refractivity (Wildman–Crippen MR) is 71.6 cm³/mol. The Morgan fingerprint density at radius 1 is 1.32 bits per heavy atom. The van der Waals surface area contributed by atoms with Crippen molar-refractivity contribution in [1.29, 1.82) is 0 Å². The molecule has 1 unspecified atom stereocenters. The summed E-state index contributed by atoms with van der Waals surface area (Å²) in [5.74, 6) is 0.182. The number of aromatic nitrogens is 2. The van der Waals surface area contributed by atoms with Gasteiger partial charge in [-0.25, -0.2) is 4.98 Å². The second-order valence-corrected chi connectivity index (χ2v) is 4.36. The fourth-order valence-corrected chi connectivity index (χ4v) is 1.65. The number of anilines is 1. The molecule has 5 heteroatoms. The first-order chi connectivity index (χ1) is 9.10. The van der Waals surface area contributed by atoms with Crippen molar-refractivity contribution in [1.82, 2.24) is 9.97 Å². The van der Waals surface area contributed by atoms with Gasteiger partial charge in [0.05, 0.1) is 6.20 Å². The number of rotatable bonds is 4. The van der Waals surface area contributed by atoms with Gasteiger partial charge >= 0.3 is 0 Å². The van der Waals surface area contributed by atoms with E-state index in [0.717, 1.165) is 12.6 Å². The van der Waals surface area contributed by atoms with E-state index in [4.69, 9.17) is 10.5 Å². The molecule has 2 rings (SSSR count). The predicted octanol–water partition coefficient (Wildman–Crippen LogP) is 3.50. The van der Waals surface area contributed by atoms with Gasteiger partial charge in [-0.15, -0.1) is 0 Å². The molecule has 0 aliphatic rings. The molecule has 0 saturated carbocycles. The monoisotopic (exact) mass is 261 g/mol. The lowest BCUT2D eigenvalue weighted by Crippen LogP contribution is -1.99. The van der Waals surface area contributed by atoms with E-state index in [1.807, 2.05) is 12.1 Å². The van der Waals surface area contributed by atoms with Crippen molar-refractivity contribution >= 4 is 5.95 Å². The van der Waals surface area contributed by atoms with Crippen molar-refractivity contribution in [2.24, 2.45) is 0 Å². The van der Waals surface area contributed by atoms with Crippen molar-refractivity contribution < 1.29 is 9.13 Å². The Bertz CT molecular complexity index is 557. The molecule has 1 aromatic carbocycles. The third-order valence-corrected chi connectivity index (χ3v) is 3.01. The summed E-state index contributed by atoms with van der Waals surface area (Å²) < 4.78 is 18.8. The van der Waals surface area contributed by atoms with Crippen LogP contribution in [-0.4, -0.2) is 9.97 Å². The van der Waals surface area contributed by atoms with E-state index >= 15 is 0 Å². The first-order valence-corrected chi connectivity index (χ1v) is 6.16. The lowest BCUT2D eigenvalue weighted by atomic mass is 9.99. The highest BCUT2D eigenvalue weighted by Gasteiger charge is 2.09. The minimum Gasteiger partial charge on any atom is -0.436 e. The van der Waals surface area contributed by atoms with Crippen LogP contribution in [0.15, 0.2) is 30.5 Å². The number of ether oxygens (including phenoxy) is 1. The van der Waals surface area contributed by atoms with Gasteiger partial charge in [0, 0.05) is 0 Å². The van der Waals surface area contributed by atoms with E-state index in [2.05, 4.69) is 23.8 Å². The smallest absolute Gasteiger partial charge is 0.260 e. The Balaban J connectivity index is 2.17. The van der Waals surface area contributed by atoms with Gasteiger partial charge in [-0.05, 0) is 30.0 Å². The zero-order chi connectivity index (χ0) is 13.8. The van der Waals surface area contributed by atoms with Crippen LogP contribution in [0.4, 0.5) is 10.3 Å². The Morgan fingerprint density at radius 3 is 2.63 bits per heavy atom. The molecule has 0 bridgehead atoms. The topological polar surface area (TPSA) is 61.0 Å². The summed E-state index contributed by atoms with van der Waals surface area (Å²) in [7, 11) is 0. The zero-order valence-corrected chi connectivity index (χ0v) is 10.9. The Hall–Kier alpha value is -2.17. The lowest BCUT2D eigenvalue weighted by molar-refractivity contribution is 0.420. The van der Waals surface area contributed by atoms with E-state index < -0.39 is 5.82 Å². The van der Waals surface area contributed by atoms with Gasteiger partial charge in [-0.3, -0.25) is 0 Å². The highest BCUT2D eigenvalue weighted by Crippen LogP contribution is 2.25. The Morgan fingerprint density at radius 2 is 2.00 bits per heavy atom. The summed E-state index contributed by atoms with van der Waals surface area (Å²) in [6.45, 7) is 4.29. The highest BCUT2D eigenvalue weighted by molar-refractivity contribution is 5.33. The van der Waals surface area contributed by atoms with Crippen LogP contribution in [0.25, 0.3) is 0 Å². The van der Waals surface area contributed by atoms with E-state index in [9.17, 15) is 4.39 Å². The van der Waals surface area contributed by atoms with Gasteiger partial charge in [0.2, 0.25) is 11.8 Å². The molecule has 1 aromatic heterocycles. The molecule has 0 saturated heterocycles. The quantitative estimate of drug-likeness (QED) is 0.915. The first-order valence-electron chi connectivity index (χ1n) is 6.16. The fraction of sp³-hybridized carbons (Fsp3) is 0.286. The van der Waals surface area contributed by atoms with Gasteiger partial charge in [-0.2, -0.15) is 9.37 Å². The minimum atomic E-state index is -0.639. The van der Waals surface area contributed by atoms with Crippen molar-refractivity contribution in [3.8, 4) is 11.6 Å². The van der Waals surface area contributed by atoms with E-state index in [1.54, 1.807) is 12.1 Å². The fourth-order valence-electron chi connectivity index (χ4n) is 1.65. The number of hydrogen-bond donors (Lipinski definition) is 1. The number of hydrogen-bond acceptors (Lipinski definition) is 4. The summed E-state index contributed by atoms with van der Waals surface area (Å²) in [6, 6.07) is 7.51. The molecule has 1 atom stereocenters. The summed E-state index contributed by atoms with van der Waals surface area (Å²) in [5.41, 5.74) is 6.61. The Kier molecular flexibility index (Phi) is 3.94. The molecule has 0 radical (unpaired) electrons. The summed E-state index contributed by atoms with van der Waals surface area (Å²) >= 11 is 0. The number of benzene rings is 1. The normalized spacial score (nSPS) is 12.2. The van der Waals surface area contributed by atoms with Crippen molar-refractivity contribution in [2.45, 2.75) is 26.2 Å². The van der Waals surface area contributed by atoms with Crippen LogP contribution in [0.2, 0.25) is 0 Å². The van der Waals surface area contributed by atoms with Gasteiger partial charge in [0.1, 0.15) is 5.75 Å². The van der Waals surface area contributed by atoms with Crippen molar-refractivity contribution in [3.63, 3.8) is 0 Å². The van der Waals surface area contributed by atoms with Crippen molar-refractivity contribution in [3.05, 3.63) is 41.8 Å². The van der Waals surface area contributed by atoms with E-state index in [-0.39, 0.29) is 11.8 Å². The SMILES string of the molecule is CCC(C)c1ccc(Oc2nc(N)ncc2F)cc1. The maximum Gasteiger partial charge on any atom is 0.260 e. The van der Waals surface area contributed by atoms with Gasteiger partial charge in [0.25, 0.3) is 5.88 Å². The summed E-state index contributed by atoms with van der Waals surface area (Å²) in [6.07, 6.45) is 2.06. The number of halogens is 1. The maximum atomic E-state index is 13.4. The zero-order valence-electron chi connectivity index (χ0n) is 10.9. The molecule has 19 heavy (non-hydrogen) atoms. The molecule has 0 aliphatic carbocycles. The second kappa shape index (κ2) is 5.65. The number of nitrogens with two attached hydrogens (primary N) is 1. The standard InChI is InChI=1S/C14H16FN3O/c1-3-9(2)10-4-6-11(7-5-10)19-13-12(15)8-17-14(16)18-13/h4-9H,3H2,1-2H3,(H2,16,17,18). The molecule has 1 heterocycles. The van der Waals surface area contributed by atoms with Crippen LogP contribution in [0, 0.1) is 5.82 Å². The van der Waals surface area contributed by atoms with Crippen LogP contribution in [0.3, 0.4) is 0 Å². The van der Waals surface area contributed by atoms with Crippen LogP contribution in [0.5, 0.6) is 11.6 Å². The third-order valence-electron chi connectivity index (χ3n) is 3.01. The van der Waals surface area contributed by atoms with Gasteiger partial charge < -0.3 is 10.5 Å². The molecular formula is C14H16FN3O. The first kappa shape index (κ1) is 13.3. The molecule has 0 amide bonds. The van der Waals surface area contributed by atoms with Crippen LogP contribution < -0.4 is 10.5 Å². The average Bonchev–Trinajstić information content (AvgIpc) is 2.43. The van der Waals surface area contributed by atoms with Crippen LogP contribution >= 0.6 is 0 Å². The Labute approximate surface area is 111 Å². The lowest BCUT2D eigenvalue weighted by Gasteiger charge is -2.10. The summed E-state index contributed by atoms with van der Waals surface area (Å²) in [4.78, 5) is 7.25. The number of nitrogen functional groups attached to an aromatic ring is 1. The van der Waals surface area contributed by atoms with Gasteiger partial charge in [-0.1, -0.05) is 26.0 Å². The van der Waals surface area contributed by atoms with E-state index in [1.165, 1.54) is 5.56 Å². The molecule has 0 fully saturated rings. The van der Waals surface area contributed by atoms with Crippen LogP contribution in [-0.2, 0) is 0 Å². The van der Waals surface area contributed by atoms with E-state index in [0.29, 0.717) is 11.7 Å². The molecular weight excluding hydrogens is 245 g/mol. The average molecular weight is 261 g/mol. The molecule has 0 spiro atoms. The minimum absolute atomic E-state index is 0.0207. The van der Waals surface area contributed by atoms with Gasteiger partial charge in [0.15, 0.2) is 0 Å². The molecule has 2 N–H and O–H groups in total. The molecule has 2 aromatic rings. The third kappa shape index (κ3) is 3.19.